The first kappa shape index (κ1) is 28.7. The van der Waals surface area contributed by atoms with E-state index in [1.807, 2.05) is 13.8 Å². The van der Waals surface area contributed by atoms with Crippen LogP contribution in [-0.4, -0.2) is 57.8 Å². The van der Waals surface area contributed by atoms with Crippen molar-refractivity contribution in [1.82, 2.24) is 0 Å². The Kier molecular flexibility index (Phi) is 6.68. The third kappa shape index (κ3) is 3.61. The zero-order valence-electron chi connectivity index (χ0n) is 24.3. The quantitative estimate of drug-likeness (QED) is 0.332. The number of ketones is 2. The lowest BCUT2D eigenvalue weighted by Crippen LogP contribution is -2.58. The Labute approximate surface area is 232 Å². The van der Waals surface area contributed by atoms with Gasteiger partial charge in [-0.1, -0.05) is 47.3 Å². The van der Waals surface area contributed by atoms with E-state index in [1.165, 1.54) is 6.92 Å². The molecule has 0 heterocycles. The van der Waals surface area contributed by atoms with Gasteiger partial charge in [-0.25, -0.2) is 0 Å². The number of fused-ring (bicyclic) bond motifs is 2. The fourth-order valence-electron chi connectivity index (χ4n) is 10.6. The van der Waals surface area contributed by atoms with E-state index in [9.17, 15) is 29.7 Å². The van der Waals surface area contributed by atoms with Crippen LogP contribution in [-0.2, 0) is 19.1 Å². The molecule has 4 saturated carbocycles. The summed E-state index contributed by atoms with van der Waals surface area (Å²) < 4.78 is 5.97. The van der Waals surface area contributed by atoms with Gasteiger partial charge in [-0.05, 0) is 71.8 Å². The fourth-order valence-corrected chi connectivity index (χ4v) is 10.6. The summed E-state index contributed by atoms with van der Waals surface area (Å²) in [5, 5.41) is 32.4. The zero-order chi connectivity index (χ0) is 28.9. The first-order valence-corrected chi connectivity index (χ1v) is 14.7. The van der Waals surface area contributed by atoms with Gasteiger partial charge < -0.3 is 20.1 Å². The Morgan fingerprint density at radius 3 is 2.49 bits per heavy atom. The average molecular weight is 543 g/mol. The summed E-state index contributed by atoms with van der Waals surface area (Å²) in [6.45, 7) is 15.0. The van der Waals surface area contributed by atoms with Crippen LogP contribution in [0.2, 0.25) is 0 Å². The lowest BCUT2D eigenvalue weighted by molar-refractivity contribution is -0.162. The van der Waals surface area contributed by atoms with Crippen molar-refractivity contribution in [2.24, 2.45) is 57.2 Å². The molecule has 39 heavy (non-hydrogen) atoms. The van der Waals surface area contributed by atoms with Crippen LogP contribution in [0.5, 0.6) is 0 Å². The van der Waals surface area contributed by atoms with Crippen molar-refractivity contribution in [3.8, 4) is 0 Å². The monoisotopic (exact) mass is 542 g/mol. The van der Waals surface area contributed by atoms with Crippen molar-refractivity contribution in [1.29, 1.82) is 0 Å². The predicted octanol–water partition coefficient (Wildman–Crippen LogP) is 3.64. The van der Waals surface area contributed by atoms with E-state index in [4.69, 9.17) is 4.74 Å². The topological polar surface area (TPSA) is 121 Å². The third-order valence-electron chi connectivity index (χ3n) is 12.9. The molecular formula is C32H46O7. The number of aliphatic hydroxyl groups excluding tert-OH is 3. The van der Waals surface area contributed by atoms with E-state index in [2.05, 4.69) is 26.5 Å². The molecule has 0 unspecified atom stereocenters. The lowest BCUT2D eigenvalue weighted by Gasteiger charge is -2.61. The molecule has 0 bridgehead atoms. The SMILES string of the molecule is C=C(C(=O)[C@H](O)[C@@H](C)[C@H]1[C@@H](OC(C)=O)C[C@@]2(C)[C@@H]3C[C@@H](O)[C@H]4[C@H](C)C(=O)C=C[C@@]45C[C@@]35CC[C@]12C)[C@@H](C)CO. The standard InChI is InChI=1S/C32H46O7/c1-16(14-33)17(2)27(37)28(38)19(4)26-23(39-20(5)34)13-30(7)24-12-22(36)25-18(3)21(35)8-9-32(25)15-31(24,32)11-10-29(26,30)6/h8-9,16,18-19,22-26,28,33,36,38H,2,10-15H2,1,3-7H3/t16-,18+,19-,22+,23-,24-,25+,26-,28+,29+,30-,31-,32+/m0/s1. The van der Waals surface area contributed by atoms with Crippen molar-refractivity contribution < 1.29 is 34.4 Å². The molecule has 0 amide bonds. The highest BCUT2D eigenvalue weighted by Gasteiger charge is 2.83. The van der Waals surface area contributed by atoms with Crippen molar-refractivity contribution in [3.05, 3.63) is 24.3 Å². The van der Waals surface area contributed by atoms with E-state index in [0.29, 0.717) is 12.8 Å². The summed E-state index contributed by atoms with van der Waals surface area (Å²) in [6.07, 6.45) is 5.41. The zero-order valence-corrected chi connectivity index (χ0v) is 24.3. The molecular weight excluding hydrogens is 496 g/mol. The largest absolute Gasteiger partial charge is 0.462 e. The Balaban J connectivity index is 1.53. The number of carbonyl (C=O) groups excluding carboxylic acids is 3. The highest BCUT2D eigenvalue weighted by Crippen LogP contribution is 2.87. The van der Waals surface area contributed by atoms with Gasteiger partial charge in [0.15, 0.2) is 11.6 Å². The van der Waals surface area contributed by atoms with Crippen molar-refractivity contribution in [2.45, 2.75) is 92.0 Å². The first-order chi connectivity index (χ1) is 18.1. The number of allylic oxidation sites excluding steroid dienone is 2. The molecule has 0 aromatic carbocycles. The second-order valence-electron chi connectivity index (χ2n) is 14.3. The summed E-state index contributed by atoms with van der Waals surface area (Å²) in [5.74, 6) is -2.11. The Morgan fingerprint density at radius 2 is 1.87 bits per heavy atom. The van der Waals surface area contributed by atoms with Gasteiger partial charge >= 0.3 is 5.97 Å². The number of ether oxygens (including phenoxy) is 1. The third-order valence-corrected chi connectivity index (χ3v) is 12.9. The smallest absolute Gasteiger partial charge is 0.302 e. The molecule has 4 fully saturated rings. The normalized spacial score (nSPS) is 48.1. The second kappa shape index (κ2) is 9.09. The number of hydrogen-bond acceptors (Lipinski definition) is 7. The second-order valence-corrected chi connectivity index (χ2v) is 14.3. The number of hydrogen-bond donors (Lipinski definition) is 3. The van der Waals surface area contributed by atoms with Crippen LogP contribution >= 0.6 is 0 Å². The molecule has 5 aliphatic carbocycles. The molecule has 3 N–H and O–H groups in total. The number of Topliss-reactive ketones (excluding diaryl/α,β-unsaturated/α-hetero) is 1. The van der Waals surface area contributed by atoms with E-state index in [-0.39, 0.29) is 69.3 Å². The summed E-state index contributed by atoms with van der Waals surface area (Å²) in [7, 11) is 0. The summed E-state index contributed by atoms with van der Waals surface area (Å²) in [6, 6.07) is 0. The molecule has 13 atom stereocenters. The number of rotatable bonds is 7. The maximum absolute atomic E-state index is 13.2. The van der Waals surface area contributed by atoms with Crippen molar-refractivity contribution in [2.75, 3.05) is 6.61 Å². The summed E-state index contributed by atoms with van der Waals surface area (Å²) in [4.78, 5) is 38.1. The molecule has 7 nitrogen and oxygen atoms in total. The van der Waals surface area contributed by atoms with Crippen LogP contribution in [0.25, 0.3) is 0 Å². The first-order valence-electron chi connectivity index (χ1n) is 14.7. The Bertz CT molecular complexity index is 1130. The summed E-state index contributed by atoms with van der Waals surface area (Å²) >= 11 is 0. The maximum Gasteiger partial charge on any atom is 0.302 e. The van der Waals surface area contributed by atoms with E-state index in [1.54, 1.807) is 13.0 Å². The van der Waals surface area contributed by atoms with E-state index < -0.39 is 35.9 Å². The van der Waals surface area contributed by atoms with Crippen LogP contribution in [0.4, 0.5) is 0 Å². The van der Waals surface area contributed by atoms with Crippen LogP contribution < -0.4 is 0 Å². The average Bonchev–Trinajstić information content (AvgIpc) is 3.47. The van der Waals surface area contributed by atoms with E-state index >= 15 is 0 Å². The molecule has 0 aromatic heterocycles. The van der Waals surface area contributed by atoms with E-state index in [0.717, 1.165) is 19.3 Å². The van der Waals surface area contributed by atoms with Crippen LogP contribution in [0.1, 0.15) is 73.6 Å². The molecule has 5 aliphatic rings. The van der Waals surface area contributed by atoms with Gasteiger partial charge in [0.05, 0.1) is 6.10 Å². The molecule has 5 rings (SSSR count). The minimum Gasteiger partial charge on any atom is -0.462 e. The number of esters is 1. The Hall–Kier alpha value is -1.83. The summed E-state index contributed by atoms with van der Waals surface area (Å²) in [5.41, 5.74) is -0.653. The van der Waals surface area contributed by atoms with Crippen LogP contribution in [0.3, 0.4) is 0 Å². The van der Waals surface area contributed by atoms with Crippen LogP contribution in [0, 0.1) is 57.2 Å². The van der Waals surface area contributed by atoms with Crippen molar-refractivity contribution >= 4 is 17.5 Å². The lowest BCUT2D eigenvalue weighted by atomic mass is 9.43. The molecule has 2 spiro atoms. The molecule has 216 valence electrons. The molecule has 7 heteroatoms. The van der Waals surface area contributed by atoms with Gasteiger partial charge in [0.1, 0.15) is 12.2 Å². The number of carbonyl (C=O) groups is 3. The molecule has 0 saturated heterocycles. The minimum absolute atomic E-state index is 0.00516. The van der Waals surface area contributed by atoms with Gasteiger partial charge in [-0.3, -0.25) is 14.4 Å². The van der Waals surface area contributed by atoms with Crippen molar-refractivity contribution in [3.63, 3.8) is 0 Å². The molecule has 0 aliphatic heterocycles. The van der Waals surface area contributed by atoms with Gasteiger partial charge in [0.2, 0.25) is 0 Å². The Morgan fingerprint density at radius 1 is 1.21 bits per heavy atom. The highest BCUT2D eigenvalue weighted by molar-refractivity contribution is 5.98. The van der Waals surface area contributed by atoms with Gasteiger partial charge in [-0.2, -0.15) is 0 Å². The fraction of sp³-hybridized carbons (Fsp3) is 0.781. The van der Waals surface area contributed by atoms with Gasteiger partial charge in [0, 0.05) is 42.6 Å². The molecule has 0 aromatic rings. The predicted molar refractivity (Wildman–Crippen MR) is 145 cm³/mol. The van der Waals surface area contributed by atoms with Gasteiger partial charge in [0.25, 0.3) is 0 Å². The minimum atomic E-state index is -1.33. The maximum atomic E-state index is 13.2. The number of aliphatic hydroxyl groups is 3. The molecule has 0 radical (unpaired) electrons. The van der Waals surface area contributed by atoms with Crippen LogP contribution in [0.15, 0.2) is 24.3 Å². The van der Waals surface area contributed by atoms with Gasteiger partial charge in [-0.15, -0.1) is 0 Å². The highest BCUT2D eigenvalue weighted by atomic mass is 16.5.